The van der Waals surface area contributed by atoms with Crippen LogP contribution >= 0.6 is 11.3 Å². The van der Waals surface area contributed by atoms with Crippen molar-refractivity contribution in [2.75, 3.05) is 26.3 Å². The predicted octanol–water partition coefficient (Wildman–Crippen LogP) is 1.92. The second kappa shape index (κ2) is 11.1. The molecule has 10 heteroatoms. The number of hydrogen-bond donors (Lipinski definition) is 0. The summed E-state index contributed by atoms with van der Waals surface area (Å²) in [6, 6.07) is 17.2. The van der Waals surface area contributed by atoms with Gasteiger partial charge >= 0.3 is 6.61 Å². The molecule has 4 rings (SSSR count). The van der Waals surface area contributed by atoms with Gasteiger partial charge in [0.2, 0.25) is 0 Å². The van der Waals surface area contributed by atoms with Crippen LogP contribution < -0.4 is 19.5 Å². The molecular formula is C25H21F2N3O4S. The maximum Gasteiger partial charge on any atom is 0.387 e. The van der Waals surface area contributed by atoms with Crippen molar-refractivity contribution in [2.45, 2.75) is 13.2 Å². The summed E-state index contributed by atoms with van der Waals surface area (Å²) in [5, 5.41) is 9.92. The number of halogens is 2. The van der Waals surface area contributed by atoms with Crippen molar-refractivity contribution >= 4 is 28.9 Å². The minimum Gasteiger partial charge on any atom is -0.434 e. The number of amides is 1. The number of aromatic nitrogens is 1. The smallest absolute Gasteiger partial charge is 0.387 e. The molecule has 0 bridgehead atoms. The van der Waals surface area contributed by atoms with Crippen LogP contribution in [0.2, 0.25) is 0 Å². The minimum absolute atomic E-state index is 0.0830. The van der Waals surface area contributed by atoms with E-state index in [-0.39, 0.29) is 32.6 Å². The lowest BCUT2D eigenvalue weighted by molar-refractivity contribution is -0.128. The molecule has 1 aliphatic rings. The molecule has 7 nitrogen and oxygen atoms in total. The monoisotopic (exact) mass is 497 g/mol. The van der Waals surface area contributed by atoms with E-state index in [1.807, 2.05) is 36.4 Å². The molecule has 2 aromatic carbocycles. The molecule has 0 spiro atoms. The molecule has 180 valence electrons. The lowest BCUT2D eigenvalue weighted by Gasteiger charge is -2.26. The zero-order chi connectivity index (χ0) is 24.8. The van der Waals surface area contributed by atoms with Crippen molar-refractivity contribution in [1.29, 1.82) is 5.26 Å². The highest BCUT2D eigenvalue weighted by molar-refractivity contribution is 7.07. The molecule has 0 saturated carbocycles. The number of hydrogen-bond acceptors (Lipinski definition) is 6. The van der Waals surface area contributed by atoms with Gasteiger partial charge in [0.25, 0.3) is 11.5 Å². The van der Waals surface area contributed by atoms with Crippen molar-refractivity contribution in [3.63, 3.8) is 0 Å². The molecule has 0 atom stereocenters. The van der Waals surface area contributed by atoms with Crippen molar-refractivity contribution in [2.24, 2.45) is 0 Å². The molecule has 1 aromatic heterocycles. The largest absolute Gasteiger partial charge is 0.434 e. The fourth-order valence-electron chi connectivity index (χ4n) is 3.67. The molecule has 2 heterocycles. The topological polar surface area (TPSA) is 84.6 Å². The Kier molecular flexibility index (Phi) is 7.70. The zero-order valence-corrected chi connectivity index (χ0v) is 19.3. The summed E-state index contributed by atoms with van der Waals surface area (Å²) in [6.07, 6.45) is 1.43. The Bertz CT molecular complexity index is 1420. The first-order valence-corrected chi connectivity index (χ1v) is 11.6. The van der Waals surface area contributed by atoms with Crippen LogP contribution in [0.3, 0.4) is 0 Å². The van der Waals surface area contributed by atoms with E-state index in [0.717, 1.165) is 16.9 Å². The van der Waals surface area contributed by atoms with E-state index in [1.165, 1.54) is 21.6 Å². The maximum absolute atomic E-state index is 13.4. The van der Waals surface area contributed by atoms with Gasteiger partial charge in [-0.25, -0.2) is 0 Å². The molecule has 1 fully saturated rings. The molecule has 0 unspecified atom stereocenters. The van der Waals surface area contributed by atoms with Gasteiger partial charge < -0.3 is 14.4 Å². The summed E-state index contributed by atoms with van der Waals surface area (Å²) in [4.78, 5) is 28.1. The number of alkyl halides is 2. The van der Waals surface area contributed by atoms with Gasteiger partial charge in [-0.3, -0.25) is 14.2 Å². The van der Waals surface area contributed by atoms with Gasteiger partial charge in [0, 0.05) is 18.7 Å². The summed E-state index contributed by atoms with van der Waals surface area (Å²) in [6.45, 7) is -1.47. The molecule has 3 aromatic rings. The first-order valence-electron chi connectivity index (χ1n) is 10.8. The summed E-state index contributed by atoms with van der Waals surface area (Å²) in [5.41, 5.74) is 0.491. The van der Waals surface area contributed by atoms with Crippen molar-refractivity contribution in [3.05, 3.63) is 85.3 Å². The molecule has 1 saturated heterocycles. The van der Waals surface area contributed by atoms with E-state index in [1.54, 1.807) is 18.2 Å². The number of carbonyl (C=O) groups is 1. The fraction of sp³-hybridized carbons (Fsp3) is 0.240. The van der Waals surface area contributed by atoms with Crippen LogP contribution in [0.5, 0.6) is 5.75 Å². The van der Waals surface area contributed by atoms with Crippen LogP contribution in [0.4, 0.5) is 8.78 Å². The Balaban J connectivity index is 1.91. The van der Waals surface area contributed by atoms with E-state index in [0.29, 0.717) is 26.3 Å². The van der Waals surface area contributed by atoms with E-state index in [9.17, 15) is 23.6 Å². The Hall–Kier alpha value is -3.81. The predicted molar refractivity (Wildman–Crippen MR) is 126 cm³/mol. The third-order valence-corrected chi connectivity index (χ3v) is 6.48. The standard InChI is InChI=1S/C25H21F2N3O4S/c26-25(27)34-20-9-5-4-8-18(20)14-21-23(32)30(16-17-6-2-1-3-7-17)24(35-21)19(15-28)22(31)29-10-12-33-13-11-29/h1-9,14,25H,10-13,16H2/b21-14-,24-19-. The van der Waals surface area contributed by atoms with Crippen LogP contribution in [-0.2, 0) is 16.1 Å². The molecule has 0 aliphatic carbocycles. The number of ether oxygens (including phenoxy) is 2. The highest BCUT2D eigenvalue weighted by Gasteiger charge is 2.23. The van der Waals surface area contributed by atoms with Gasteiger partial charge in [0.1, 0.15) is 16.5 Å². The lowest BCUT2D eigenvalue weighted by Crippen LogP contribution is -2.43. The first kappa shape index (κ1) is 24.3. The minimum atomic E-state index is -3.03. The number of para-hydroxylation sites is 1. The molecular weight excluding hydrogens is 476 g/mol. The molecule has 35 heavy (non-hydrogen) atoms. The van der Waals surface area contributed by atoms with E-state index in [2.05, 4.69) is 4.74 Å². The number of carbonyl (C=O) groups excluding carboxylic acids is 1. The van der Waals surface area contributed by atoms with Crippen LogP contribution in [0.1, 0.15) is 11.1 Å². The summed E-state index contributed by atoms with van der Waals surface area (Å²) < 4.78 is 37.3. The number of thiazole rings is 1. The quantitative estimate of drug-likeness (QED) is 0.520. The highest BCUT2D eigenvalue weighted by Crippen LogP contribution is 2.20. The molecule has 0 radical (unpaired) electrons. The van der Waals surface area contributed by atoms with Crippen LogP contribution in [0.15, 0.2) is 59.4 Å². The number of benzene rings is 2. The number of nitrogens with zero attached hydrogens (tertiary/aromatic N) is 3. The summed E-state index contributed by atoms with van der Waals surface area (Å²) in [7, 11) is 0. The van der Waals surface area contributed by atoms with Crippen LogP contribution in [0, 0.1) is 11.3 Å². The van der Waals surface area contributed by atoms with Crippen molar-refractivity contribution in [3.8, 4) is 11.8 Å². The Morgan fingerprint density at radius 1 is 1.14 bits per heavy atom. The van der Waals surface area contributed by atoms with E-state index in [4.69, 9.17) is 4.74 Å². The van der Waals surface area contributed by atoms with Crippen molar-refractivity contribution in [1.82, 2.24) is 9.47 Å². The average Bonchev–Trinajstić information content (AvgIpc) is 3.16. The van der Waals surface area contributed by atoms with Gasteiger partial charge in [-0.2, -0.15) is 14.0 Å². The zero-order valence-electron chi connectivity index (χ0n) is 18.5. The van der Waals surface area contributed by atoms with Gasteiger partial charge in [0.15, 0.2) is 5.57 Å². The first-order chi connectivity index (χ1) is 17.0. The van der Waals surface area contributed by atoms with E-state index < -0.39 is 18.1 Å². The molecule has 0 N–H and O–H groups in total. The third-order valence-electron chi connectivity index (χ3n) is 5.35. The molecule has 1 amide bonds. The second-order valence-electron chi connectivity index (χ2n) is 7.60. The van der Waals surface area contributed by atoms with Gasteiger partial charge in [-0.15, -0.1) is 11.3 Å². The Morgan fingerprint density at radius 2 is 1.83 bits per heavy atom. The number of rotatable bonds is 6. The SMILES string of the molecule is N#C/C(C(=O)N1CCOCC1)=c1/s/c(=C\c2ccccc2OC(F)F)c(=O)n1Cc1ccccc1. The third kappa shape index (κ3) is 5.65. The lowest BCUT2D eigenvalue weighted by atomic mass is 10.2. The molecule has 1 aliphatic heterocycles. The van der Waals surface area contributed by atoms with Gasteiger partial charge in [0.05, 0.1) is 24.3 Å². The van der Waals surface area contributed by atoms with Crippen LogP contribution in [0.25, 0.3) is 11.6 Å². The highest BCUT2D eigenvalue weighted by atomic mass is 32.1. The number of morpholine rings is 1. The Morgan fingerprint density at radius 3 is 2.51 bits per heavy atom. The Labute approximate surface area is 203 Å². The number of nitriles is 1. The van der Waals surface area contributed by atoms with Gasteiger partial charge in [-0.1, -0.05) is 48.5 Å². The normalized spacial score (nSPS) is 15.1. The van der Waals surface area contributed by atoms with Crippen LogP contribution in [-0.4, -0.2) is 48.3 Å². The summed E-state index contributed by atoms with van der Waals surface area (Å²) in [5.74, 6) is -0.563. The maximum atomic E-state index is 13.4. The van der Waals surface area contributed by atoms with E-state index >= 15 is 0 Å². The average molecular weight is 498 g/mol. The fourth-order valence-corrected chi connectivity index (χ4v) is 4.76. The second-order valence-corrected chi connectivity index (χ2v) is 8.63. The van der Waals surface area contributed by atoms with Gasteiger partial charge in [-0.05, 0) is 17.7 Å². The summed E-state index contributed by atoms with van der Waals surface area (Å²) >= 11 is 0.966. The van der Waals surface area contributed by atoms with Crippen molar-refractivity contribution < 1.29 is 23.0 Å².